The minimum Gasteiger partial charge on any atom is -0.495 e. The number of ether oxygens (including phenoxy) is 1. The number of rotatable bonds is 4. The van der Waals surface area contributed by atoms with E-state index >= 15 is 0 Å². The number of hydrogen-bond donors (Lipinski definition) is 1. The standard InChI is InChI=1S/C14H21NO2S/c1-4-9(2)15-14(16)13-12(17-3)10-7-5-6-8-11(10)18-13/h9H,4-8H2,1-3H3,(H,15,16). The molecule has 1 amide bonds. The van der Waals surface area contributed by atoms with Gasteiger partial charge in [0.15, 0.2) is 0 Å². The first kappa shape index (κ1) is 13.4. The number of thiophene rings is 1. The normalized spacial score (nSPS) is 15.9. The molecular weight excluding hydrogens is 246 g/mol. The average molecular weight is 267 g/mol. The Hall–Kier alpha value is -1.03. The first-order valence-electron chi connectivity index (χ1n) is 6.66. The molecule has 1 aliphatic rings. The van der Waals surface area contributed by atoms with Crippen molar-refractivity contribution in [2.24, 2.45) is 0 Å². The molecule has 0 aliphatic heterocycles. The average Bonchev–Trinajstić information content (AvgIpc) is 2.77. The molecule has 1 aromatic heterocycles. The van der Waals surface area contributed by atoms with Crippen molar-refractivity contribution < 1.29 is 9.53 Å². The fourth-order valence-electron chi connectivity index (χ4n) is 2.29. The van der Waals surface area contributed by atoms with E-state index in [1.54, 1.807) is 18.4 Å². The lowest BCUT2D eigenvalue weighted by molar-refractivity contribution is 0.0940. The van der Waals surface area contributed by atoms with E-state index in [9.17, 15) is 4.79 Å². The molecule has 2 rings (SSSR count). The van der Waals surface area contributed by atoms with Gasteiger partial charge in [-0.15, -0.1) is 11.3 Å². The second-order valence-corrected chi connectivity index (χ2v) is 5.96. The fourth-order valence-corrected chi connectivity index (χ4v) is 3.56. The van der Waals surface area contributed by atoms with E-state index in [4.69, 9.17) is 4.74 Å². The molecule has 0 spiro atoms. The Morgan fingerprint density at radius 2 is 2.17 bits per heavy atom. The van der Waals surface area contributed by atoms with Crippen molar-refractivity contribution in [1.29, 1.82) is 0 Å². The summed E-state index contributed by atoms with van der Waals surface area (Å²) in [7, 11) is 1.66. The van der Waals surface area contributed by atoms with Gasteiger partial charge in [0, 0.05) is 16.5 Å². The Morgan fingerprint density at radius 1 is 1.44 bits per heavy atom. The second-order valence-electron chi connectivity index (χ2n) is 4.86. The van der Waals surface area contributed by atoms with Gasteiger partial charge in [-0.05, 0) is 39.0 Å². The van der Waals surface area contributed by atoms with Gasteiger partial charge in [0.25, 0.3) is 5.91 Å². The summed E-state index contributed by atoms with van der Waals surface area (Å²) >= 11 is 1.61. The molecule has 0 fully saturated rings. The van der Waals surface area contributed by atoms with Crippen LogP contribution in [0.2, 0.25) is 0 Å². The van der Waals surface area contributed by atoms with Crippen molar-refractivity contribution in [1.82, 2.24) is 5.32 Å². The van der Waals surface area contributed by atoms with Crippen molar-refractivity contribution in [2.45, 2.75) is 52.0 Å². The summed E-state index contributed by atoms with van der Waals surface area (Å²) in [5.41, 5.74) is 1.27. The quantitative estimate of drug-likeness (QED) is 0.910. The molecule has 1 aliphatic carbocycles. The van der Waals surface area contributed by atoms with Crippen LogP contribution in [0, 0.1) is 0 Å². The monoisotopic (exact) mass is 267 g/mol. The number of nitrogens with one attached hydrogen (secondary N) is 1. The first-order valence-corrected chi connectivity index (χ1v) is 7.48. The molecule has 1 atom stereocenters. The van der Waals surface area contributed by atoms with Crippen molar-refractivity contribution >= 4 is 17.2 Å². The van der Waals surface area contributed by atoms with Gasteiger partial charge in [-0.1, -0.05) is 6.92 Å². The van der Waals surface area contributed by atoms with Crippen LogP contribution in [0.5, 0.6) is 5.75 Å². The lowest BCUT2D eigenvalue weighted by atomic mass is 9.98. The number of methoxy groups -OCH3 is 1. The topological polar surface area (TPSA) is 38.3 Å². The summed E-state index contributed by atoms with van der Waals surface area (Å²) in [5, 5.41) is 3.02. The largest absolute Gasteiger partial charge is 0.495 e. The van der Waals surface area contributed by atoms with E-state index in [1.165, 1.54) is 23.3 Å². The zero-order valence-electron chi connectivity index (χ0n) is 11.3. The highest BCUT2D eigenvalue weighted by molar-refractivity contribution is 7.14. The third kappa shape index (κ3) is 2.53. The molecule has 1 aromatic rings. The molecule has 1 unspecified atom stereocenters. The van der Waals surface area contributed by atoms with Crippen molar-refractivity contribution in [3.8, 4) is 5.75 Å². The van der Waals surface area contributed by atoms with E-state index in [2.05, 4.69) is 12.2 Å². The fraction of sp³-hybridized carbons (Fsp3) is 0.643. The Morgan fingerprint density at radius 3 is 2.83 bits per heavy atom. The zero-order valence-corrected chi connectivity index (χ0v) is 12.2. The summed E-state index contributed by atoms with van der Waals surface area (Å²) < 4.78 is 5.47. The third-order valence-electron chi connectivity index (χ3n) is 3.52. The van der Waals surface area contributed by atoms with Gasteiger partial charge < -0.3 is 10.1 Å². The molecule has 100 valence electrons. The number of amides is 1. The molecule has 18 heavy (non-hydrogen) atoms. The van der Waals surface area contributed by atoms with Crippen molar-refractivity contribution in [3.63, 3.8) is 0 Å². The van der Waals surface area contributed by atoms with Gasteiger partial charge in [0.05, 0.1) is 7.11 Å². The van der Waals surface area contributed by atoms with Gasteiger partial charge in [0.1, 0.15) is 10.6 Å². The molecule has 4 heteroatoms. The lowest BCUT2D eigenvalue weighted by Gasteiger charge is -2.13. The van der Waals surface area contributed by atoms with Gasteiger partial charge in [-0.25, -0.2) is 0 Å². The predicted molar refractivity (Wildman–Crippen MR) is 74.7 cm³/mol. The van der Waals surface area contributed by atoms with Crippen LogP contribution >= 0.6 is 11.3 Å². The Bertz CT molecular complexity index is 439. The maximum atomic E-state index is 12.2. The Kier molecular flexibility index (Phi) is 4.27. The number of fused-ring (bicyclic) bond motifs is 1. The summed E-state index contributed by atoms with van der Waals surface area (Å²) in [6.45, 7) is 4.10. The highest BCUT2D eigenvalue weighted by atomic mass is 32.1. The number of hydrogen-bond acceptors (Lipinski definition) is 3. The van der Waals surface area contributed by atoms with Crippen LogP contribution in [-0.2, 0) is 12.8 Å². The van der Waals surface area contributed by atoms with Gasteiger partial charge in [0.2, 0.25) is 0 Å². The first-order chi connectivity index (χ1) is 8.67. The maximum Gasteiger partial charge on any atom is 0.265 e. The minimum atomic E-state index is 0.0144. The molecular formula is C14H21NO2S. The molecule has 1 N–H and O–H groups in total. The zero-order chi connectivity index (χ0) is 13.1. The molecule has 1 heterocycles. The van der Waals surface area contributed by atoms with Crippen LogP contribution in [0.15, 0.2) is 0 Å². The lowest BCUT2D eigenvalue weighted by Crippen LogP contribution is -2.31. The third-order valence-corrected chi connectivity index (χ3v) is 4.79. The van der Waals surface area contributed by atoms with Gasteiger partial charge in [-0.3, -0.25) is 4.79 Å². The summed E-state index contributed by atoms with van der Waals surface area (Å²) in [6, 6.07) is 0.210. The molecule has 3 nitrogen and oxygen atoms in total. The smallest absolute Gasteiger partial charge is 0.265 e. The molecule has 0 aromatic carbocycles. The Balaban J connectivity index is 2.27. The Labute approximate surface area is 113 Å². The molecule has 0 saturated heterocycles. The maximum absolute atomic E-state index is 12.2. The van der Waals surface area contributed by atoms with Gasteiger partial charge >= 0.3 is 0 Å². The van der Waals surface area contributed by atoms with E-state index in [0.717, 1.165) is 29.9 Å². The summed E-state index contributed by atoms with van der Waals surface area (Å²) in [6.07, 6.45) is 5.51. The highest BCUT2D eigenvalue weighted by Crippen LogP contribution is 2.39. The SMILES string of the molecule is CCC(C)NC(=O)c1sc2c(c1OC)CCCC2. The number of carbonyl (C=O) groups is 1. The summed E-state index contributed by atoms with van der Waals surface area (Å²) in [5.74, 6) is 0.830. The second kappa shape index (κ2) is 5.74. The molecule has 0 radical (unpaired) electrons. The molecule has 0 saturated carbocycles. The van der Waals surface area contributed by atoms with Crippen LogP contribution in [-0.4, -0.2) is 19.1 Å². The number of aryl methyl sites for hydroxylation is 1. The summed E-state index contributed by atoms with van der Waals surface area (Å²) in [4.78, 5) is 14.3. The van der Waals surface area contributed by atoms with Crippen LogP contribution in [0.3, 0.4) is 0 Å². The van der Waals surface area contributed by atoms with Gasteiger partial charge in [-0.2, -0.15) is 0 Å². The predicted octanol–water partition coefficient (Wildman–Crippen LogP) is 3.16. The van der Waals surface area contributed by atoms with E-state index in [0.29, 0.717) is 0 Å². The van der Waals surface area contributed by atoms with Crippen molar-refractivity contribution in [2.75, 3.05) is 7.11 Å². The van der Waals surface area contributed by atoms with Crippen LogP contribution in [0.1, 0.15) is 53.2 Å². The van der Waals surface area contributed by atoms with E-state index in [1.807, 2.05) is 6.92 Å². The number of carbonyl (C=O) groups excluding carboxylic acids is 1. The van der Waals surface area contributed by atoms with Crippen LogP contribution in [0.4, 0.5) is 0 Å². The highest BCUT2D eigenvalue weighted by Gasteiger charge is 2.25. The van der Waals surface area contributed by atoms with E-state index < -0.39 is 0 Å². The molecule has 0 bridgehead atoms. The van der Waals surface area contributed by atoms with Crippen LogP contribution in [0.25, 0.3) is 0 Å². The minimum absolute atomic E-state index is 0.0144. The van der Waals surface area contributed by atoms with Crippen molar-refractivity contribution in [3.05, 3.63) is 15.3 Å². The van der Waals surface area contributed by atoms with Crippen LogP contribution < -0.4 is 10.1 Å². The van der Waals surface area contributed by atoms with E-state index in [-0.39, 0.29) is 11.9 Å².